The first-order valence-corrected chi connectivity index (χ1v) is 8.96. The maximum Gasteiger partial charge on any atom is 0.498 e. The summed E-state index contributed by atoms with van der Waals surface area (Å²) >= 11 is 0. The lowest BCUT2D eigenvalue weighted by Gasteiger charge is -2.32. The lowest BCUT2D eigenvalue weighted by Crippen LogP contribution is -2.41. The lowest BCUT2D eigenvalue weighted by atomic mass is 9.75. The van der Waals surface area contributed by atoms with Crippen LogP contribution in [0, 0.1) is 5.82 Å². The average molecular weight is 368 g/mol. The van der Waals surface area contributed by atoms with Gasteiger partial charge in [-0.05, 0) is 45.4 Å². The number of aromatic nitrogens is 1. The lowest BCUT2D eigenvalue weighted by molar-refractivity contribution is -0.117. The smallest absolute Gasteiger partial charge is 0.399 e. The Morgan fingerprint density at radius 2 is 1.81 bits per heavy atom. The van der Waals surface area contributed by atoms with Crippen molar-refractivity contribution in [1.82, 2.24) is 4.98 Å². The van der Waals surface area contributed by atoms with E-state index in [1.54, 1.807) is 0 Å². The summed E-state index contributed by atoms with van der Waals surface area (Å²) in [6, 6.07) is 8.97. The van der Waals surface area contributed by atoms with E-state index in [2.05, 4.69) is 4.98 Å². The van der Waals surface area contributed by atoms with Crippen LogP contribution in [-0.2, 0) is 20.5 Å². The van der Waals surface area contributed by atoms with E-state index in [-0.39, 0.29) is 6.42 Å². The maximum atomic E-state index is 15.3. The molecule has 0 bridgehead atoms. The Hall–Kier alpha value is -2.38. The van der Waals surface area contributed by atoms with Gasteiger partial charge in [-0.2, -0.15) is 0 Å². The van der Waals surface area contributed by atoms with E-state index < -0.39 is 30.0 Å². The molecule has 27 heavy (non-hydrogen) atoms. The zero-order chi connectivity index (χ0) is 19.6. The van der Waals surface area contributed by atoms with Crippen LogP contribution in [0.5, 0.6) is 0 Å². The van der Waals surface area contributed by atoms with Crippen LogP contribution in [-0.4, -0.2) is 29.2 Å². The van der Waals surface area contributed by atoms with Crippen LogP contribution in [0.3, 0.4) is 0 Å². The normalized spacial score (nSPS) is 18.5. The van der Waals surface area contributed by atoms with Gasteiger partial charge in [0.2, 0.25) is 5.91 Å². The molecule has 2 heterocycles. The number of nitrogens with one attached hydrogen (secondary N) is 1. The third kappa shape index (κ3) is 2.73. The first kappa shape index (κ1) is 18.0. The highest BCUT2D eigenvalue weighted by Crippen LogP contribution is 2.38. The number of para-hydroxylation sites is 1. The zero-order valence-corrected chi connectivity index (χ0v) is 15.9. The van der Waals surface area contributed by atoms with Gasteiger partial charge in [0.15, 0.2) is 0 Å². The van der Waals surface area contributed by atoms with Crippen molar-refractivity contribution in [1.29, 1.82) is 0 Å². The zero-order valence-electron chi connectivity index (χ0n) is 15.9. The monoisotopic (exact) mass is 368 g/mol. The number of carbonyl (C=O) groups excluding carboxylic acids is 1. The molecule has 5 nitrogen and oxygen atoms in total. The van der Waals surface area contributed by atoms with Crippen LogP contribution in [0.1, 0.15) is 33.3 Å². The highest BCUT2D eigenvalue weighted by molar-refractivity contribution is 6.66. The van der Waals surface area contributed by atoms with E-state index in [1.165, 1.54) is 6.07 Å². The molecule has 1 aliphatic rings. The van der Waals surface area contributed by atoms with Crippen molar-refractivity contribution in [3.05, 3.63) is 41.7 Å². The maximum absolute atomic E-state index is 15.3. The van der Waals surface area contributed by atoms with Crippen LogP contribution >= 0.6 is 0 Å². The van der Waals surface area contributed by atoms with E-state index >= 15 is 4.39 Å². The summed E-state index contributed by atoms with van der Waals surface area (Å²) in [4.78, 5) is 14.8. The third-order valence-electron chi connectivity index (χ3n) is 5.71. The Bertz CT molecular complexity index is 1060. The molecule has 3 N–H and O–H groups in total. The van der Waals surface area contributed by atoms with Crippen molar-refractivity contribution in [2.24, 2.45) is 5.73 Å². The molecule has 0 atom stereocenters. The molecule has 7 heteroatoms. The largest absolute Gasteiger partial charge is 0.498 e. The predicted molar refractivity (Wildman–Crippen MR) is 104 cm³/mol. The van der Waals surface area contributed by atoms with Crippen molar-refractivity contribution in [3.8, 4) is 0 Å². The number of fused-ring (bicyclic) bond motifs is 3. The summed E-state index contributed by atoms with van der Waals surface area (Å²) in [6.45, 7) is 7.72. The molecular weight excluding hydrogens is 346 g/mol. The molecule has 3 aromatic rings. The summed E-state index contributed by atoms with van der Waals surface area (Å²) in [7, 11) is -0.848. The molecule has 1 saturated heterocycles. The van der Waals surface area contributed by atoms with Gasteiger partial charge in [-0.25, -0.2) is 4.39 Å². The fourth-order valence-corrected chi connectivity index (χ4v) is 3.60. The van der Waals surface area contributed by atoms with Gasteiger partial charge in [0.25, 0.3) is 0 Å². The molecule has 0 aliphatic carbocycles. The second-order valence-electron chi connectivity index (χ2n) is 8.08. The van der Waals surface area contributed by atoms with Crippen molar-refractivity contribution < 1.29 is 18.5 Å². The summed E-state index contributed by atoms with van der Waals surface area (Å²) in [5.41, 5.74) is 6.58. The van der Waals surface area contributed by atoms with E-state index in [4.69, 9.17) is 15.0 Å². The summed E-state index contributed by atoms with van der Waals surface area (Å²) < 4.78 is 27.5. The van der Waals surface area contributed by atoms with Crippen molar-refractivity contribution in [2.45, 2.75) is 45.3 Å². The number of halogens is 1. The van der Waals surface area contributed by atoms with Crippen molar-refractivity contribution >= 4 is 40.3 Å². The average Bonchev–Trinajstić information content (AvgIpc) is 3.02. The summed E-state index contributed by atoms with van der Waals surface area (Å²) in [5.74, 6) is -0.986. The van der Waals surface area contributed by atoms with Crippen LogP contribution in [0.25, 0.3) is 21.8 Å². The Morgan fingerprint density at radius 1 is 1.19 bits per heavy atom. The molecule has 140 valence electrons. The molecule has 1 amide bonds. The Morgan fingerprint density at radius 3 is 2.44 bits per heavy atom. The number of aromatic amines is 1. The SMILES string of the molecule is CC1(C)OB(c2c(F)cc(CC(N)=O)c3[nH]c4ccccc4c23)OC1(C)C. The number of carbonyl (C=O) groups is 1. The number of H-pyrrole nitrogens is 1. The van der Waals surface area contributed by atoms with Crippen LogP contribution in [0.2, 0.25) is 0 Å². The van der Waals surface area contributed by atoms with Crippen molar-refractivity contribution in [2.75, 3.05) is 0 Å². The molecule has 1 aliphatic heterocycles. The standard InChI is InChI=1S/C20H22BFN2O3/c1-19(2)20(3,4)27-21(26-19)17-13(22)9-11(10-15(23)25)18-16(17)12-7-5-6-8-14(12)24-18/h5-9,24H,10H2,1-4H3,(H2,23,25). The molecule has 0 unspecified atom stereocenters. The van der Waals surface area contributed by atoms with Gasteiger partial charge in [-0.15, -0.1) is 0 Å². The third-order valence-corrected chi connectivity index (χ3v) is 5.71. The molecule has 1 fully saturated rings. The number of hydrogen-bond acceptors (Lipinski definition) is 3. The predicted octanol–water partition coefficient (Wildman–Crippen LogP) is 2.79. The Labute approximate surface area is 157 Å². The molecule has 0 spiro atoms. The van der Waals surface area contributed by atoms with Crippen LogP contribution in [0.4, 0.5) is 4.39 Å². The molecule has 0 saturated carbocycles. The minimum absolute atomic E-state index is 0.0517. The van der Waals surface area contributed by atoms with E-state index in [1.807, 2.05) is 52.0 Å². The van der Waals surface area contributed by atoms with Gasteiger partial charge in [-0.3, -0.25) is 4.79 Å². The topological polar surface area (TPSA) is 77.3 Å². The number of benzene rings is 2. The molecule has 1 aromatic heterocycles. The van der Waals surface area contributed by atoms with Gasteiger partial charge < -0.3 is 20.0 Å². The molecular formula is C20H22BFN2O3. The Balaban J connectivity index is 2.01. The second kappa shape index (κ2) is 5.81. The number of hydrogen-bond donors (Lipinski definition) is 2. The van der Waals surface area contributed by atoms with Gasteiger partial charge in [0.05, 0.1) is 23.1 Å². The second-order valence-corrected chi connectivity index (χ2v) is 8.08. The summed E-state index contributed by atoms with van der Waals surface area (Å²) in [5, 5.41) is 1.52. The molecule has 0 radical (unpaired) electrons. The minimum Gasteiger partial charge on any atom is -0.399 e. The molecule has 4 rings (SSSR count). The Kier molecular flexibility index (Phi) is 3.88. The van der Waals surface area contributed by atoms with E-state index in [9.17, 15) is 4.79 Å². The number of nitrogens with two attached hydrogens (primary N) is 1. The highest BCUT2D eigenvalue weighted by atomic mass is 19.1. The fraction of sp³-hybridized carbons (Fsp3) is 0.350. The van der Waals surface area contributed by atoms with Crippen LogP contribution in [0.15, 0.2) is 30.3 Å². The van der Waals surface area contributed by atoms with Crippen molar-refractivity contribution in [3.63, 3.8) is 0 Å². The number of amides is 1. The minimum atomic E-state index is -0.848. The van der Waals surface area contributed by atoms with Gasteiger partial charge in [0, 0.05) is 21.8 Å². The highest BCUT2D eigenvalue weighted by Gasteiger charge is 2.53. The first-order valence-electron chi connectivity index (χ1n) is 8.96. The van der Waals surface area contributed by atoms with Gasteiger partial charge in [0.1, 0.15) is 5.82 Å². The fourth-order valence-electron chi connectivity index (χ4n) is 3.60. The first-order chi connectivity index (χ1) is 12.6. The van der Waals surface area contributed by atoms with E-state index in [0.29, 0.717) is 21.9 Å². The van der Waals surface area contributed by atoms with Gasteiger partial charge >= 0.3 is 7.12 Å². The molecule has 2 aromatic carbocycles. The number of rotatable bonds is 3. The number of primary amides is 1. The van der Waals surface area contributed by atoms with E-state index in [0.717, 1.165) is 10.9 Å². The van der Waals surface area contributed by atoms with Gasteiger partial charge in [-0.1, -0.05) is 18.2 Å². The van der Waals surface area contributed by atoms with Crippen LogP contribution < -0.4 is 11.2 Å². The quantitative estimate of drug-likeness (QED) is 0.698. The summed E-state index contributed by atoms with van der Waals surface area (Å²) in [6.07, 6.45) is -0.0517.